The Morgan fingerprint density at radius 2 is 1.72 bits per heavy atom. The van der Waals surface area contributed by atoms with Crippen molar-refractivity contribution in [1.82, 2.24) is 20.0 Å². The molecule has 0 atom stereocenters. The molecule has 1 saturated heterocycles. The number of carbonyl (C=O) groups excluding carboxylic acids is 2. The molecule has 0 bridgehead atoms. The molecule has 0 radical (unpaired) electrons. The standard InChI is InChI=1S/C22H33ClN4O2/c1-22(2,3)24-20(28)15-25-10-12-26(13-11-25)21(29)16-27(19-8-9-19)14-17-4-6-18(23)7-5-17/h4-7,19H,8-16H2,1-3H3,(H,24,28). The zero-order chi connectivity index (χ0) is 21.0. The molecule has 2 fully saturated rings. The number of halogens is 1. The molecule has 1 saturated carbocycles. The van der Waals surface area contributed by atoms with Gasteiger partial charge in [0.05, 0.1) is 13.1 Å². The summed E-state index contributed by atoms with van der Waals surface area (Å²) in [6.07, 6.45) is 2.33. The van der Waals surface area contributed by atoms with E-state index >= 15 is 0 Å². The van der Waals surface area contributed by atoms with Crippen molar-refractivity contribution in [3.8, 4) is 0 Å². The molecule has 160 valence electrons. The Morgan fingerprint density at radius 3 is 2.28 bits per heavy atom. The summed E-state index contributed by atoms with van der Waals surface area (Å²) in [5, 5.41) is 3.73. The second-order valence-corrected chi connectivity index (χ2v) is 9.65. The van der Waals surface area contributed by atoms with Gasteiger partial charge in [-0.2, -0.15) is 0 Å². The average Bonchev–Trinajstić information content (AvgIpc) is 3.47. The molecule has 0 aromatic heterocycles. The van der Waals surface area contributed by atoms with Crippen molar-refractivity contribution in [3.63, 3.8) is 0 Å². The summed E-state index contributed by atoms with van der Waals surface area (Å²) in [6.45, 7) is 10.4. The van der Waals surface area contributed by atoms with Crippen LogP contribution in [0.1, 0.15) is 39.2 Å². The van der Waals surface area contributed by atoms with Crippen LogP contribution >= 0.6 is 11.6 Å². The summed E-state index contributed by atoms with van der Waals surface area (Å²) in [5.74, 6) is 0.227. The molecule has 6 nitrogen and oxygen atoms in total. The molecule has 2 amide bonds. The summed E-state index contributed by atoms with van der Waals surface area (Å²) in [7, 11) is 0. The van der Waals surface area contributed by atoms with Crippen LogP contribution < -0.4 is 5.32 Å². The summed E-state index contributed by atoms with van der Waals surface area (Å²) >= 11 is 5.98. The van der Waals surface area contributed by atoms with Crippen LogP contribution in [-0.2, 0) is 16.1 Å². The number of piperazine rings is 1. The fourth-order valence-corrected chi connectivity index (χ4v) is 3.79. The lowest BCUT2D eigenvalue weighted by Crippen LogP contribution is -2.54. The van der Waals surface area contributed by atoms with Gasteiger partial charge in [0, 0.05) is 49.3 Å². The predicted octanol–water partition coefficient (Wildman–Crippen LogP) is 2.36. The van der Waals surface area contributed by atoms with Crippen molar-refractivity contribution in [2.24, 2.45) is 0 Å². The first-order valence-electron chi connectivity index (χ1n) is 10.5. The number of hydrogen-bond donors (Lipinski definition) is 1. The molecule has 2 aliphatic rings. The molecule has 1 heterocycles. The van der Waals surface area contributed by atoms with Crippen LogP contribution in [0.5, 0.6) is 0 Å². The van der Waals surface area contributed by atoms with Crippen LogP contribution in [0.25, 0.3) is 0 Å². The maximum absolute atomic E-state index is 12.9. The van der Waals surface area contributed by atoms with Crippen LogP contribution in [0.2, 0.25) is 5.02 Å². The minimum absolute atomic E-state index is 0.0418. The SMILES string of the molecule is CC(C)(C)NC(=O)CN1CCN(C(=O)CN(Cc2ccc(Cl)cc2)C2CC2)CC1. The van der Waals surface area contributed by atoms with E-state index in [0.29, 0.717) is 32.2 Å². The van der Waals surface area contributed by atoms with Gasteiger partial charge in [-0.1, -0.05) is 23.7 Å². The molecule has 3 rings (SSSR count). The Labute approximate surface area is 179 Å². The lowest BCUT2D eigenvalue weighted by molar-refractivity contribution is -0.134. The molecule has 0 unspecified atom stereocenters. The van der Waals surface area contributed by atoms with E-state index in [0.717, 1.165) is 37.5 Å². The summed E-state index contributed by atoms with van der Waals surface area (Å²) < 4.78 is 0. The van der Waals surface area contributed by atoms with E-state index in [2.05, 4.69) is 15.1 Å². The number of nitrogens with zero attached hydrogens (tertiary/aromatic N) is 3. The number of benzene rings is 1. The minimum Gasteiger partial charge on any atom is -0.350 e. The molecule has 29 heavy (non-hydrogen) atoms. The smallest absolute Gasteiger partial charge is 0.236 e. The third-order valence-electron chi connectivity index (χ3n) is 5.31. The van der Waals surface area contributed by atoms with E-state index in [9.17, 15) is 9.59 Å². The fraction of sp³-hybridized carbons (Fsp3) is 0.636. The Hall–Kier alpha value is -1.63. The topological polar surface area (TPSA) is 55.9 Å². The quantitative estimate of drug-likeness (QED) is 0.735. The summed E-state index contributed by atoms with van der Waals surface area (Å²) in [4.78, 5) is 31.3. The Morgan fingerprint density at radius 1 is 1.10 bits per heavy atom. The molecule has 0 spiro atoms. The molecule has 7 heteroatoms. The second-order valence-electron chi connectivity index (χ2n) is 9.22. The summed E-state index contributed by atoms with van der Waals surface area (Å²) in [6, 6.07) is 8.38. The number of nitrogens with one attached hydrogen (secondary N) is 1. The Bertz CT molecular complexity index is 705. The zero-order valence-corrected chi connectivity index (χ0v) is 18.5. The van der Waals surface area contributed by atoms with Gasteiger partial charge in [-0.3, -0.25) is 19.4 Å². The van der Waals surface area contributed by atoms with Crippen LogP contribution in [0.15, 0.2) is 24.3 Å². The second kappa shape index (κ2) is 9.45. The van der Waals surface area contributed by atoms with Crippen molar-refractivity contribution in [2.45, 2.75) is 51.7 Å². The number of rotatable bonds is 7. The number of amides is 2. The van der Waals surface area contributed by atoms with E-state index in [1.807, 2.05) is 49.9 Å². The fourth-order valence-electron chi connectivity index (χ4n) is 3.67. The van der Waals surface area contributed by atoms with Crippen molar-refractivity contribution in [1.29, 1.82) is 0 Å². The van der Waals surface area contributed by atoms with Crippen molar-refractivity contribution in [2.75, 3.05) is 39.3 Å². The molecular formula is C22H33ClN4O2. The van der Waals surface area contributed by atoms with E-state index in [-0.39, 0.29) is 17.4 Å². The van der Waals surface area contributed by atoms with Crippen molar-refractivity contribution in [3.05, 3.63) is 34.9 Å². The van der Waals surface area contributed by atoms with Gasteiger partial charge in [-0.05, 0) is 51.3 Å². The average molecular weight is 421 g/mol. The Kier molecular flexibility index (Phi) is 7.19. The first-order chi connectivity index (χ1) is 13.7. The third-order valence-corrected chi connectivity index (χ3v) is 5.56. The molecule has 1 aliphatic carbocycles. The lowest BCUT2D eigenvalue weighted by Gasteiger charge is -2.36. The minimum atomic E-state index is -0.217. The van der Waals surface area contributed by atoms with Crippen LogP contribution in [0.4, 0.5) is 0 Å². The molecule has 1 aliphatic heterocycles. The van der Waals surface area contributed by atoms with Crippen LogP contribution in [0, 0.1) is 0 Å². The maximum atomic E-state index is 12.9. The van der Waals surface area contributed by atoms with Crippen molar-refractivity contribution >= 4 is 23.4 Å². The van der Waals surface area contributed by atoms with E-state index in [1.165, 1.54) is 5.56 Å². The van der Waals surface area contributed by atoms with Gasteiger partial charge < -0.3 is 10.2 Å². The van der Waals surface area contributed by atoms with Gasteiger partial charge in [0.2, 0.25) is 11.8 Å². The number of carbonyl (C=O) groups is 2. The predicted molar refractivity (Wildman–Crippen MR) is 116 cm³/mol. The van der Waals surface area contributed by atoms with Gasteiger partial charge in [0.15, 0.2) is 0 Å². The molecular weight excluding hydrogens is 388 g/mol. The van der Waals surface area contributed by atoms with Crippen molar-refractivity contribution < 1.29 is 9.59 Å². The van der Waals surface area contributed by atoms with Gasteiger partial charge in [0.1, 0.15) is 0 Å². The lowest BCUT2D eigenvalue weighted by atomic mass is 10.1. The summed E-state index contributed by atoms with van der Waals surface area (Å²) in [5.41, 5.74) is 0.967. The first-order valence-corrected chi connectivity index (χ1v) is 10.9. The van der Waals surface area contributed by atoms with E-state index < -0.39 is 0 Å². The maximum Gasteiger partial charge on any atom is 0.236 e. The monoisotopic (exact) mass is 420 g/mol. The highest BCUT2D eigenvalue weighted by Gasteiger charge is 2.32. The van der Waals surface area contributed by atoms with E-state index in [1.54, 1.807) is 0 Å². The highest BCUT2D eigenvalue weighted by Crippen LogP contribution is 2.28. The van der Waals surface area contributed by atoms with Gasteiger partial charge in [0.25, 0.3) is 0 Å². The van der Waals surface area contributed by atoms with Crippen LogP contribution in [0.3, 0.4) is 0 Å². The van der Waals surface area contributed by atoms with Crippen LogP contribution in [-0.4, -0.2) is 77.4 Å². The van der Waals surface area contributed by atoms with Gasteiger partial charge in [-0.15, -0.1) is 0 Å². The first kappa shape index (κ1) is 22.1. The largest absolute Gasteiger partial charge is 0.350 e. The highest BCUT2D eigenvalue weighted by molar-refractivity contribution is 6.30. The van der Waals surface area contributed by atoms with Gasteiger partial charge >= 0.3 is 0 Å². The zero-order valence-electron chi connectivity index (χ0n) is 17.8. The Balaban J connectivity index is 1.45. The van der Waals surface area contributed by atoms with E-state index in [4.69, 9.17) is 11.6 Å². The number of hydrogen-bond acceptors (Lipinski definition) is 4. The highest BCUT2D eigenvalue weighted by atomic mass is 35.5. The molecule has 1 aromatic carbocycles. The molecule has 1 aromatic rings. The third kappa shape index (κ3) is 7.28. The van der Waals surface area contributed by atoms with Gasteiger partial charge in [-0.25, -0.2) is 0 Å². The molecule has 1 N–H and O–H groups in total. The normalized spacial score (nSPS) is 18.2.